The van der Waals surface area contributed by atoms with Gasteiger partial charge in [-0.3, -0.25) is 14.4 Å². The molecule has 0 saturated carbocycles. The van der Waals surface area contributed by atoms with Crippen LogP contribution >= 0.6 is 15.9 Å². The van der Waals surface area contributed by atoms with Crippen molar-refractivity contribution in [1.29, 1.82) is 0 Å². The van der Waals surface area contributed by atoms with E-state index in [1.54, 1.807) is 11.0 Å². The third-order valence-electron chi connectivity index (χ3n) is 4.95. The molecule has 0 atom stereocenters. The number of aryl methyl sites for hydroxylation is 1. The lowest BCUT2D eigenvalue weighted by atomic mass is 10.1. The summed E-state index contributed by atoms with van der Waals surface area (Å²) < 4.78 is 0.891. The molecule has 7 heteroatoms. The van der Waals surface area contributed by atoms with Crippen LogP contribution in [0.2, 0.25) is 0 Å². The molecule has 29 heavy (non-hydrogen) atoms. The van der Waals surface area contributed by atoms with Crippen LogP contribution in [0.4, 0.5) is 11.4 Å². The quantitative estimate of drug-likeness (QED) is 0.691. The molecule has 0 saturated heterocycles. The van der Waals surface area contributed by atoms with Crippen LogP contribution in [0.15, 0.2) is 40.9 Å². The summed E-state index contributed by atoms with van der Waals surface area (Å²) in [4.78, 5) is 38.3. The zero-order valence-electron chi connectivity index (χ0n) is 16.5. The van der Waals surface area contributed by atoms with Crippen molar-refractivity contribution in [3.05, 3.63) is 57.6 Å². The summed E-state index contributed by atoms with van der Waals surface area (Å²) >= 11 is 3.39. The maximum absolute atomic E-state index is 12.4. The van der Waals surface area contributed by atoms with Crippen LogP contribution in [0.5, 0.6) is 0 Å². The fraction of sp³-hybridized carbons (Fsp3) is 0.318. The van der Waals surface area contributed by atoms with Crippen LogP contribution in [0.3, 0.4) is 0 Å². The van der Waals surface area contributed by atoms with E-state index in [0.29, 0.717) is 18.5 Å². The number of fused-ring (bicyclic) bond motifs is 1. The van der Waals surface area contributed by atoms with E-state index in [9.17, 15) is 14.4 Å². The average Bonchev–Trinajstić information content (AvgIpc) is 3.13. The predicted octanol–water partition coefficient (Wildman–Crippen LogP) is 3.82. The third kappa shape index (κ3) is 5.03. The number of anilines is 2. The van der Waals surface area contributed by atoms with Gasteiger partial charge in [-0.2, -0.15) is 0 Å². The van der Waals surface area contributed by atoms with Gasteiger partial charge in [0, 0.05) is 47.3 Å². The molecule has 152 valence electrons. The predicted molar refractivity (Wildman–Crippen MR) is 117 cm³/mol. The van der Waals surface area contributed by atoms with Crippen molar-refractivity contribution in [3.63, 3.8) is 0 Å². The third-order valence-corrected chi connectivity index (χ3v) is 5.45. The number of benzene rings is 2. The molecule has 0 aromatic heterocycles. The van der Waals surface area contributed by atoms with Crippen LogP contribution < -0.4 is 15.5 Å². The van der Waals surface area contributed by atoms with Crippen molar-refractivity contribution in [3.8, 4) is 0 Å². The van der Waals surface area contributed by atoms with Crippen LogP contribution in [0, 0.1) is 6.92 Å². The highest BCUT2D eigenvalue weighted by Gasteiger charge is 2.24. The number of carbonyl (C=O) groups excluding carboxylic acids is 3. The van der Waals surface area contributed by atoms with Crippen LogP contribution in [0.1, 0.15) is 41.3 Å². The second kappa shape index (κ2) is 9.22. The van der Waals surface area contributed by atoms with E-state index < -0.39 is 0 Å². The molecule has 0 bridgehead atoms. The molecule has 0 spiro atoms. The zero-order chi connectivity index (χ0) is 21.0. The van der Waals surface area contributed by atoms with E-state index in [2.05, 4.69) is 26.6 Å². The number of amides is 3. The smallest absolute Gasteiger partial charge is 0.251 e. The monoisotopic (exact) mass is 457 g/mol. The SMILES string of the molecule is CCC(=O)N1CCc2cc(C(=O)NCCC(=O)Nc3cc(Br)ccc3C)ccc21. The van der Waals surface area contributed by atoms with Gasteiger partial charge < -0.3 is 15.5 Å². The minimum Gasteiger partial charge on any atom is -0.352 e. The van der Waals surface area contributed by atoms with E-state index >= 15 is 0 Å². The molecule has 6 nitrogen and oxygen atoms in total. The van der Waals surface area contributed by atoms with Gasteiger partial charge in [-0.15, -0.1) is 0 Å². The second-order valence-corrected chi connectivity index (χ2v) is 7.92. The Kier molecular flexibility index (Phi) is 6.69. The van der Waals surface area contributed by atoms with Gasteiger partial charge in [-0.05, 0) is 54.8 Å². The highest BCUT2D eigenvalue weighted by molar-refractivity contribution is 9.10. The number of rotatable bonds is 6. The fourth-order valence-corrected chi connectivity index (χ4v) is 3.69. The summed E-state index contributed by atoms with van der Waals surface area (Å²) in [6, 6.07) is 11.1. The molecule has 0 fully saturated rings. The first-order valence-electron chi connectivity index (χ1n) is 9.66. The largest absolute Gasteiger partial charge is 0.352 e. The van der Waals surface area contributed by atoms with Crippen molar-refractivity contribution < 1.29 is 14.4 Å². The zero-order valence-corrected chi connectivity index (χ0v) is 18.1. The standard InChI is InChI=1S/C22H24BrN3O3/c1-3-21(28)26-11-9-15-12-16(5-7-19(15)26)22(29)24-10-8-20(27)25-18-13-17(23)6-4-14(18)2/h4-7,12-13H,3,8-11H2,1-2H3,(H,24,29)(H,25,27). The highest BCUT2D eigenvalue weighted by atomic mass is 79.9. The van der Waals surface area contributed by atoms with Gasteiger partial charge in [-0.1, -0.05) is 28.9 Å². The molecule has 2 aromatic carbocycles. The van der Waals surface area contributed by atoms with Gasteiger partial charge >= 0.3 is 0 Å². The number of hydrogen-bond acceptors (Lipinski definition) is 3. The molecule has 0 radical (unpaired) electrons. The number of nitrogens with zero attached hydrogens (tertiary/aromatic N) is 1. The van der Waals surface area contributed by atoms with Gasteiger partial charge in [0.25, 0.3) is 5.91 Å². The topological polar surface area (TPSA) is 78.5 Å². The van der Waals surface area contributed by atoms with Crippen molar-refractivity contribution in [2.75, 3.05) is 23.3 Å². The molecule has 3 rings (SSSR count). The maximum atomic E-state index is 12.4. The van der Waals surface area contributed by atoms with Crippen molar-refractivity contribution >= 4 is 45.0 Å². The Morgan fingerprint density at radius 1 is 1.14 bits per heavy atom. The van der Waals surface area contributed by atoms with Gasteiger partial charge in [-0.25, -0.2) is 0 Å². The molecule has 0 unspecified atom stereocenters. The van der Waals surface area contributed by atoms with E-state index in [1.165, 1.54) is 0 Å². The number of nitrogens with one attached hydrogen (secondary N) is 2. The molecule has 2 N–H and O–H groups in total. The van der Waals surface area contributed by atoms with Crippen molar-refractivity contribution in [2.24, 2.45) is 0 Å². The Morgan fingerprint density at radius 3 is 2.69 bits per heavy atom. The second-order valence-electron chi connectivity index (χ2n) is 7.01. The van der Waals surface area contributed by atoms with E-state index in [1.807, 2.05) is 44.2 Å². The lowest BCUT2D eigenvalue weighted by molar-refractivity contribution is -0.118. The summed E-state index contributed by atoms with van der Waals surface area (Å²) in [5.74, 6) is -0.290. The molecule has 0 aliphatic carbocycles. The summed E-state index contributed by atoms with van der Waals surface area (Å²) in [5, 5.41) is 5.65. The first kappa shape index (κ1) is 21.0. The Labute approximate surface area is 178 Å². The Hall–Kier alpha value is -2.67. The molecule has 1 aliphatic rings. The van der Waals surface area contributed by atoms with Crippen LogP contribution in [0.25, 0.3) is 0 Å². The summed E-state index contributed by atoms with van der Waals surface area (Å²) in [7, 11) is 0. The number of halogens is 1. The van der Waals surface area contributed by atoms with Crippen LogP contribution in [-0.4, -0.2) is 30.8 Å². The highest BCUT2D eigenvalue weighted by Crippen LogP contribution is 2.29. The van der Waals surface area contributed by atoms with Gasteiger partial charge in [0.05, 0.1) is 0 Å². The van der Waals surface area contributed by atoms with Crippen molar-refractivity contribution in [1.82, 2.24) is 5.32 Å². The number of carbonyl (C=O) groups is 3. The summed E-state index contributed by atoms with van der Waals surface area (Å²) in [6.45, 7) is 4.67. The molecule has 1 heterocycles. The molecule has 1 aliphatic heterocycles. The van der Waals surface area contributed by atoms with Crippen LogP contribution in [-0.2, 0) is 16.0 Å². The first-order chi connectivity index (χ1) is 13.9. The summed E-state index contributed by atoms with van der Waals surface area (Å²) in [5.41, 5.74) is 4.15. The summed E-state index contributed by atoms with van der Waals surface area (Å²) in [6.07, 6.45) is 1.39. The molecular weight excluding hydrogens is 434 g/mol. The number of hydrogen-bond donors (Lipinski definition) is 2. The first-order valence-corrected chi connectivity index (χ1v) is 10.5. The Bertz CT molecular complexity index is 958. The van der Waals surface area contributed by atoms with Crippen molar-refractivity contribution in [2.45, 2.75) is 33.1 Å². The minimum atomic E-state index is -0.223. The normalized spacial score (nSPS) is 12.4. The Morgan fingerprint density at radius 2 is 1.93 bits per heavy atom. The molecule has 3 amide bonds. The van der Waals surface area contributed by atoms with E-state index in [4.69, 9.17) is 0 Å². The molecular formula is C22H24BrN3O3. The average molecular weight is 458 g/mol. The Balaban J connectivity index is 1.53. The lowest BCUT2D eigenvalue weighted by Crippen LogP contribution is -2.28. The fourth-order valence-electron chi connectivity index (χ4n) is 3.33. The molecule has 2 aromatic rings. The van der Waals surface area contributed by atoms with Gasteiger partial charge in [0.1, 0.15) is 0 Å². The van der Waals surface area contributed by atoms with Gasteiger partial charge in [0.15, 0.2) is 0 Å². The maximum Gasteiger partial charge on any atom is 0.251 e. The van der Waals surface area contributed by atoms with Gasteiger partial charge in [0.2, 0.25) is 11.8 Å². The minimum absolute atomic E-state index is 0.0904. The van der Waals surface area contributed by atoms with E-state index in [-0.39, 0.29) is 30.7 Å². The lowest BCUT2D eigenvalue weighted by Gasteiger charge is -2.16. The van der Waals surface area contributed by atoms with E-state index in [0.717, 1.165) is 33.4 Å².